The number of carbonyl (C=O) groups excluding carboxylic acids is 1. The van der Waals surface area contributed by atoms with Crippen molar-refractivity contribution in [1.29, 1.82) is 0 Å². The van der Waals surface area contributed by atoms with Crippen LogP contribution in [0.2, 0.25) is 5.02 Å². The molecule has 2 heterocycles. The third-order valence-electron chi connectivity index (χ3n) is 8.76. The summed E-state index contributed by atoms with van der Waals surface area (Å²) in [5, 5.41) is 12.8. The van der Waals surface area contributed by atoms with Crippen LogP contribution < -0.4 is 11.1 Å². The van der Waals surface area contributed by atoms with Gasteiger partial charge in [-0.3, -0.25) is 19.0 Å². The second-order valence-corrected chi connectivity index (χ2v) is 12.1. The van der Waals surface area contributed by atoms with Crippen LogP contribution in [0.3, 0.4) is 0 Å². The molecule has 7 rings (SSSR count). The lowest BCUT2D eigenvalue weighted by molar-refractivity contribution is -0.132. The summed E-state index contributed by atoms with van der Waals surface area (Å²) in [5.74, 6) is 0.297. The molecule has 1 N–H and O–H groups in total. The number of phenols is 1. The third kappa shape index (κ3) is 4.55. The number of likely N-dealkylation sites (tertiary alicyclic amines) is 1. The van der Waals surface area contributed by atoms with E-state index in [-0.39, 0.29) is 24.1 Å². The average molecular weight is 592 g/mol. The Labute approximate surface area is 252 Å². The van der Waals surface area contributed by atoms with Crippen molar-refractivity contribution in [1.82, 2.24) is 14.0 Å². The van der Waals surface area contributed by atoms with Crippen LogP contribution in [0, 0.1) is 12.8 Å². The lowest BCUT2D eigenvalue weighted by atomic mass is 9.96. The fourth-order valence-electron chi connectivity index (χ4n) is 6.47. The van der Waals surface area contributed by atoms with Gasteiger partial charge in [0.05, 0.1) is 21.7 Å². The van der Waals surface area contributed by atoms with Crippen LogP contribution in [-0.4, -0.2) is 38.1 Å². The van der Waals surface area contributed by atoms with Crippen molar-refractivity contribution in [2.24, 2.45) is 5.92 Å². The first kappa shape index (κ1) is 27.2. The molecular weight excluding hydrogens is 562 g/mol. The van der Waals surface area contributed by atoms with Crippen LogP contribution in [0.1, 0.15) is 29.9 Å². The number of rotatable bonds is 6. The van der Waals surface area contributed by atoms with Crippen molar-refractivity contribution in [3.8, 4) is 22.6 Å². The van der Waals surface area contributed by atoms with Crippen molar-refractivity contribution < 1.29 is 9.90 Å². The molecule has 1 saturated heterocycles. The highest BCUT2D eigenvalue weighted by molar-refractivity contribution is 6.34. The van der Waals surface area contributed by atoms with Gasteiger partial charge in [-0.1, -0.05) is 60.6 Å². The highest BCUT2D eigenvalue weighted by atomic mass is 35.5. The van der Waals surface area contributed by atoms with Gasteiger partial charge in [0.2, 0.25) is 5.91 Å². The standard InChI is InChI=1S/C35H30ClN3O4/c1-3-32(41)37-17-21(18-37)19-38-30-16-29(36)28(27-14-24(40)13-23-8-4-5-9-25(23)27)15-31(30)39(35(43)34(38)42)33-20(2)7-6-10-26(33)22-11-12-22/h3-10,13-16,21-22,40H,1,11-12,17-19H2,2H3. The van der Waals surface area contributed by atoms with E-state index < -0.39 is 11.1 Å². The Morgan fingerprint density at radius 1 is 0.977 bits per heavy atom. The number of para-hydroxylation sites is 1. The maximum absolute atomic E-state index is 14.1. The summed E-state index contributed by atoms with van der Waals surface area (Å²) >= 11 is 7.00. The molecule has 7 nitrogen and oxygen atoms in total. The fraction of sp³-hybridized carbons (Fsp3) is 0.229. The lowest BCUT2D eigenvalue weighted by Gasteiger charge is -2.39. The highest BCUT2D eigenvalue weighted by Gasteiger charge is 2.32. The smallest absolute Gasteiger partial charge is 0.321 e. The number of benzene rings is 4. The monoisotopic (exact) mass is 591 g/mol. The number of aryl methyl sites for hydroxylation is 1. The van der Waals surface area contributed by atoms with E-state index in [1.165, 1.54) is 10.6 Å². The third-order valence-corrected chi connectivity index (χ3v) is 9.07. The molecule has 2 fully saturated rings. The van der Waals surface area contributed by atoms with E-state index >= 15 is 0 Å². The number of carbonyl (C=O) groups is 1. The van der Waals surface area contributed by atoms with Crippen LogP contribution in [0.4, 0.5) is 0 Å². The molecule has 8 heteroatoms. The van der Waals surface area contributed by atoms with Gasteiger partial charge in [0, 0.05) is 31.1 Å². The van der Waals surface area contributed by atoms with Crippen LogP contribution in [-0.2, 0) is 11.3 Å². The SMILES string of the molecule is C=CC(=O)N1CC(Cn2c(=O)c(=O)n(-c3c(C)cccc3C3CC3)c3cc(-c4cc(O)cc5ccccc45)c(Cl)cc32)C1. The lowest BCUT2D eigenvalue weighted by Crippen LogP contribution is -2.52. The summed E-state index contributed by atoms with van der Waals surface area (Å²) in [6.07, 6.45) is 3.35. The van der Waals surface area contributed by atoms with E-state index in [2.05, 4.69) is 6.58 Å². The van der Waals surface area contributed by atoms with Crippen molar-refractivity contribution in [2.45, 2.75) is 32.2 Å². The van der Waals surface area contributed by atoms with Crippen LogP contribution in [0.15, 0.2) is 89.0 Å². The molecule has 5 aromatic rings. The minimum Gasteiger partial charge on any atom is -0.508 e. The zero-order chi connectivity index (χ0) is 30.0. The molecule has 43 heavy (non-hydrogen) atoms. The van der Waals surface area contributed by atoms with E-state index in [1.807, 2.05) is 55.5 Å². The number of halogens is 1. The average Bonchev–Trinajstić information content (AvgIpc) is 3.82. The van der Waals surface area contributed by atoms with Crippen molar-refractivity contribution in [3.05, 3.63) is 116 Å². The molecule has 0 unspecified atom stereocenters. The summed E-state index contributed by atoms with van der Waals surface area (Å²) in [5.41, 5.74) is 3.92. The Bertz CT molecular complexity index is 2100. The number of nitrogens with zero attached hydrogens (tertiary/aromatic N) is 3. The summed E-state index contributed by atoms with van der Waals surface area (Å²) in [6, 6.07) is 20.7. The fourth-order valence-corrected chi connectivity index (χ4v) is 6.73. The summed E-state index contributed by atoms with van der Waals surface area (Å²) in [6.45, 7) is 6.75. The quantitative estimate of drug-likeness (QED) is 0.189. The molecule has 0 bridgehead atoms. The molecule has 216 valence electrons. The molecule has 4 aromatic carbocycles. The van der Waals surface area contributed by atoms with E-state index in [1.54, 1.807) is 27.7 Å². The van der Waals surface area contributed by atoms with Gasteiger partial charge in [0.15, 0.2) is 0 Å². The van der Waals surface area contributed by atoms with Gasteiger partial charge < -0.3 is 14.6 Å². The van der Waals surface area contributed by atoms with E-state index in [0.717, 1.165) is 46.0 Å². The van der Waals surface area contributed by atoms with Gasteiger partial charge >= 0.3 is 11.1 Å². The van der Waals surface area contributed by atoms with Gasteiger partial charge in [-0.2, -0.15) is 0 Å². The number of aromatic nitrogens is 2. The van der Waals surface area contributed by atoms with Gasteiger partial charge in [-0.25, -0.2) is 0 Å². The summed E-state index contributed by atoms with van der Waals surface area (Å²) < 4.78 is 3.08. The Morgan fingerprint density at radius 3 is 2.49 bits per heavy atom. The molecule has 0 radical (unpaired) electrons. The Kier molecular flexibility index (Phi) is 6.51. The number of hydrogen-bond acceptors (Lipinski definition) is 4. The predicted molar refractivity (Wildman–Crippen MR) is 170 cm³/mol. The van der Waals surface area contributed by atoms with Crippen LogP contribution >= 0.6 is 11.6 Å². The van der Waals surface area contributed by atoms with E-state index in [9.17, 15) is 19.5 Å². The zero-order valence-corrected chi connectivity index (χ0v) is 24.5. The number of aromatic hydroxyl groups is 1. The molecule has 0 atom stereocenters. The maximum atomic E-state index is 14.1. The zero-order valence-electron chi connectivity index (χ0n) is 23.7. The van der Waals surface area contributed by atoms with Crippen molar-refractivity contribution in [2.75, 3.05) is 13.1 Å². The van der Waals surface area contributed by atoms with E-state index in [0.29, 0.717) is 40.6 Å². The van der Waals surface area contributed by atoms with Gasteiger partial charge in [-0.05, 0) is 83.5 Å². The molecule has 1 aliphatic carbocycles. The molecule has 1 aromatic heterocycles. The van der Waals surface area contributed by atoms with Gasteiger partial charge in [0.25, 0.3) is 0 Å². The number of fused-ring (bicyclic) bond motifs is 2. The molecular formula is C35H30ClN3O4. The Balaban J connectivity index is 1.51. The molecule has 1 amide bonds. The first-order valence-electron chi connectivity index (χ1n) is 14.5. The highest BCUT2D eigenvalue weighted by Crippen LogP contribution is 2.44. The normalized spacial score (nSPS) is 15.2. The van der Waals surface area contributed by atoms with E-state index in [4.69, 9.17) is 11.6 Å². The van der Waals surface area contributed by atoms with Crippen molar-refractivity contribution in [3.63, 3.8) is 0 Å². The second-order valence-electron chi connectivity index (χ2n) is 11.7. The maximum Gasteiger partial charge on any atom is 0.321 e. The molecule has 1 aliphatic heterocycles. The van der Waals surface area contributed by atoms with Crippen molar-refractivity contribution >= 4 is 39.3 Å². The minimum absolute atomic E-state index is 0.00834. The largest absolute Gasteiger partial charge is 0.508 e. The molecule has 0 spiro atoms. The Hall–Kier alpha value is -4.62. The first-order chi connectivity index (χ1) is 20.7. The molecule has 2 aliphatic rings. The number of phenolic OH excluding ortho intramolecular Hbond substituents is 1. The van der Waals surface area contributed by atoms with Gasteiger partial charge in [-0.15, -0.1) is 0 Å². The Morgan fingerprint density at radius 2 is 1.74 bits per heavy atom. The van der Waals surface area contributed by atoms with Crippen LogP contribution in [0.25, 0.3) is 38.6 Å². The van der Waals surface area contributed by atoms with Crippen LogP contribution in [0.5, 0.6) is 5.75 Å². The topological polar surface area (TPSA) is 84.5 Å². The summed E-state index contributed by atoms with van der Waals surface area (Å²) in [4.78, 5) is 41.7. The minimum atomic E-state index is -0.629. The number of hydrogen-bond donors (Lipinski definition) is 1. The van der Waals surface area contributed by atoms with Gasteiger partial charge in [0.1, 0.15) is 5.75 Å². The first-order valence-corrected chi connectivity index (χ1v) is 14.9. The number of amides is 1. The summed E-state index contributed by atoms with van der Waals surface area (Å²) in [7, 11) is 0. The predicted octanol–water partition coefficient (Wildman–Crippen LogP) is 6.16. The molecule has 1 saturated carbocycles. The second kappa shape index (κ2) is 10.3.